The van der Waals surface area contributed by atoms with Gasteiger partial charge >= 0.3 is 5.97 Å². The SMILES string of the molecule is O=C(O)c1ccc(Cl)c(NCc2cc(Cl)ccc2OCc2ccccc2)c1. The lowest BCUT2D eigenvalue weighted by Crippen LogP contribution is -2.05. The number of hydrogen-bond donors (Lipinski definition) is 2. The monoisotopic (exact) mass is 401 g/mol. The van der Waals surface area contributed by atoms with Crippen LogP contribution in [0.1, 0.15) is 21.5 Å². The molecule has 0 aliphatic heterocycles. The summed E-state index contributed by atoms with van der Waals surface area (Å²) in [7, 11) is 0. The number of aromatic carboxylic acids is 1. The fraction of sp³-hybridized carbons (Fsp3) is 0.0952. The molecule has 0 atom stereocenters. The second-order valence-electron chi connectivity index (χ2n) is 5.88. The number of hydrogen-bond acceptors (Lipinski definition) is 3. The van der Waals surface area contributed by atoms with Gasteiger partial charge in [-0.3, -0.25) is 0 Å². The second-order valence-corrected chi connectivity index (χ2v) is 6.72. The van der Waals surface area contributed by atoms with Crippen molar-refractivity contribution in [2.75, 3.05) is 5.32 Å². The van der Waals surface area contributed by atoms with E-state index < -0.39 is 5.97 Å². The third-order valence-corrected chi connectivity index (χ3v) is 4.51. The van der Waals surface area contributed by atoms with Gasteiger partial charge in [-0.05, 0) is 42.0 Å². The molecule has 0 aliphatic carbocycles. The molecule has 0 aliphatic rings. The largest absolute Gasteiger partial charge is 0.489 e. The average molecular weight is 402 g/mol. The van der Waals surface area contributed by atoms with Crippen molar-refractivity contribution in [2.45, 2.75) is 13.2 Å². The summed E-state index contributed by atoms with van der Waals surface area (Å²) in [5, 5.41) is 13.3. The van der Waals surface area contributed by atoms with Gasteiger partial charge in [0.2, 0.25) is 0 Å². The summed E-state index contributed by atoms with van der Waals surface area (Å²) in [6.07, 6.45) is 0. The Bertz CT molecular complexity index is 945. The number of halogens is 2. The summed E-state index contributed by atoms with van der Waals surface area (Å²) in [5.74, 6) is -0.314. The van der Waals surface area contributed by atoms with Crippen LogP contribution in [0.4, 0.5) is 5.69 Å². The number of benzene rings is 3. The molecule has 6 heteroatoms. The first kappa shape index (κ1) is 19.1. The van der Waals surface area contributed by atoms with Gasteiger partial charge < -0.3 is 15.2 Å². The lowest BCUT2D eigenvalue weighted by Gasteiger charge is -2.14. The predicted molar refractivity (Wildman–Crippen MR) is 108 cm³/mol. The smallest absolute Gasteiger partial charge is 0.335 e. The van der Waals surface area contributed by atoms with E-state index in [-0.39, 0.29) is 5.56 Å². The van der Waals surface area contributed by atoms with Gasteiger partial charge in [-0.15, -0.1) is 0 Å². The second kappa shape index (κ2) is 8.80. The average Bonchev–Trinajstić information content (AvgIpc) is 2.67. The maximum Gasteiger partial charge on any atom is 0.335 e. The number of rotatable bonds is 7. The zero-order valence-corrected chi connectivity index (χ0v) is 15.8. The van der Waals surface area contributed by atoms with Crippen molar-refractivity contribution in [2.24, 2.45) is 0 Å². The van der Waals surface area contributed by atoms with Crippen molar-refractivity contribution in [1.29, 1.82) is 0 Å². The van der Waals surface area contributed by atoms with E-state index in [1.807, 2.05) is 42.5 Å². The summed E-state index contributed by atoms with van der Waals surface area (Å²) in [4.78, 5) is 11.1. The minimum atomic E-state index is -1.01. The normalized spacial score (nSPS) is 10.4. The standard InChI is InChI=1S/C21H17Cl2NO3/c22-17-7-9-20(27-13-14-4-2-1-3-5-14)16(10-17)12-24-19-11-15(21(25)26)6-8-18(19)23/h1-11,24H,12-13H2,(H,25,26). The highest BCUT2D eigenvalue weighted by molar-refractivity contribution is 6.33. The third kappa shape index (κ3) is 5.16. The molecular formula is C21H17Cl2NO3. The maximum atomic E-state index is 11.1. The Morgan fingerprint density at radius 1 is 1.00 bits per heavy atom. The van der Waals surface area contributed by atoms with Gasteiger partial charge in [-0.25, -0.2) is 4.79 Å². The molecule has 0 bridgehead atoms. The van der Waals surface area contributed by atoms with Gasteiger partial charge in [0.1, 0.15) is 12.4 Å². The molecule has 3 rings (SSSR count). The van der Waals surface area contributed by atoms with Crippen molar-refractivity contribution < 1.29 is 14.6 Å². The van der Waals surface area contributed by atoms with E-state index in [1.54, 1.807) is 12.1 Å². The van der Waals surface area contributed by atoms with E-state index in [4.69, 9.17) is 33.0 Å². The van der Waals surface area contributed by atoms with Gasteiger partial charge in [0.25, 0.3) is 0 Å². The molecule has 0 heterocycles. The Morgan fingerprint density at radius 2 is 1.78 bits per heavy atom. The van der Waals surface area contributed by atoms with E-state index in [0.717, 1.165) is 11.1 Å². The van der Waals surface area contributed by atoms with Gasteiger partial charge in [0, 0.05) is 17.1 Å². The summed E-state index contributed by atoms with van der Waals surface area (Å²) in [6.45, 7) is 0.818. The van der Waals surface area contributed by atoms with Crippen LogP contribution in [0, 0.1) is 0 Å². The first-order valence-corrected chi connectivity index (χ1v) is 9.00. The van der Waals surface area contributed by atoms with Gasteiger partial charge in [-0.1, -0.05) is 53.5 Å². The number of carboxylic acids is 1. The van der Waals surface area contributed by atoms with Crippen LogP contribution in [-0.2, 0) is 13.2 Å². The maximum absolute atomic E-state index is 11.1. The van der Waals surface area contributed by atoms with Gasteiger partial charge in [0.05, 0.1) is 16.3 Å². The number of anilines is 1. The highest BCUT2D eigenvalue weighted by Gasteiger charge is 2.10. The molecule has 0 radical (unpaired) electrons. The number of ether oxygens (including phenoxy) is 1. The van der Waals surface area contributed by atoms with E-state index in [1.165, 1.54) is 12.1 Å². The highest BCUT2D eigenvalue weighted by Crippen LogP contribution is 2.28. The topological polar surface area (TPSA) is 58.6 Å². The quantitative estimate of drug-likeness (QED) is 0.518. The molecule has 0 unspecified atom stereocenters. The number of carbonyl (C=O) groups is 1. The molecule has 4 nitrogen and oxygen atoms in total. The first-order valence-electron chi connectivity index (χ1n) is 8.25. The van der Waals surface area contributed by atoms with Crippen LogP contribution >= 0.6 is 23.2 Å². The minimum Gasteiger partial charge on any atom is -0.489 e. The van der Waals surface area contributed by atoms with Crippen molar-refractivity contribution in [3.8, 4) is 5.75 Å². The van der Waals surface area contributed by atoms with Crippen LogP contribution in [0.25, 0.3) is 0 Å². The lowest BCUT2D eigenvalue weighted by molar-refractivity contribution is 0.0697. The number of carboxylic acid groups (broad SMARTS) is 1. The van der Waals surface area contributed by atoms with Crippen LogP contribution in [0.15, 0.2) is 66.7 Å². The van der Waals surface area contributed by atoms with Crippen molar-refractivity contribution in [3.05, 3.63) is 93.5 Å². The van der Waals surface area contributed by atoms with Crippen LogP contribution in [0.5, 0.6) is 5.75 Å². The molecule has 0 saturated heterocycles. The first-order chi connectivity index (χ1) is 13.0. The molecule has 138 valence electrons. The van der Waals surface area contributed by atoms with E-state index in [0.29, 0.717) is 34.6 Å². The van der Waals surface area contributed by atoms with Crippen LogP contribution in [0.2, 0.25) is 10.0 Å². The summed E-state index contributed by atoms with van der Waals surface area (Å²) >= 11 is 12.3. The Hall–Kier alpha value is -2.69. The fourth-order valence-electron chi connectivity index (χ4n) is 2.55. The van der Waals surface area contributed by atoms with Crippen LogP contribution in [0.3, 0.4) is 0 Å². The summed E-state index contributed by atoms with van der Waals surface area (Å²) in [5.41, 5.74) is 2.60. The van der Waals surface area contributed by atoms with Crippen molar-refractivity contribution in [1.82, 2.24) is 0 Å². The van der Waals surface area contributed by atoms with E-state index in [9.17, 15) is 4.79 Å². The Morgan fingerprint density at radius 3 is 2.52 bits per heavy atom. The third-order valence-electron chi connectivity index (χ3n) is 3.94. The molecule has 3 aromatic carbocycles. The molecule has 27 heavy (non-hydrogen) atoms. The summed E-state index contributed by atoms with van der Waals surface area (Å²) in [6, 6.07) is 19.8. The highest BCUT2D eigenvalue weighted by atomic mass is 35.5. The molecule has 0 spiro atoms. The van der Waals surface area contributed by atoms with Crippen molar-refractivity contribution >= 4 is 34.9 Å². The van der Waals surface area contributed by atoms with E-state index >= 15 is 0 Å². The minimum absolute atomic E-state index is 0.161. The van der Waals surface area contributed by atoms with Gasteiger partial charge in [-0.2, -0.15) is 0 Å². The van der Waals surface area contributed by atoms with Gasteiger partial charge in [0.15, 0.2) is 0 Å². The number of nitrogens with one attached hydrogen (secondary N) is 1. The Labute approximate surface area is 167 Å². The molecule has 0 fully saturated rings. The molecule has 2 N–H and O–H groups in total. The lowest BCUT2D eigenvalue weighted by atomic mass is 10.1. The Balaban J connectivity index is 1.75. The predicted octanol–water partition coefficient (Wildman–Crippen LogP) is 5.88. The zero-order valence-electron chi connectivity index (χ0n) is 14.3. The summed E-state index contributed by atoms with van der Waals surface area (Å²) < 4.78 is 5.93. The molecule has 3 aromatic rings. The molecule has 0 amide bonds. The zero-order chi connectivity index (χ0) is 19.2. The fourth-order valence-corrected chi connectivity index (χ4v) is 2.93. The molecule has 0 saturated carbocycles. The van der Waals surface area contributed by atoms with Crippen molar-refractivity contribution in [3.63, 3.8) is 0 Å². The van der Waals surface area contributed by atoms with Crippen LogP contribution in [-0.4, -0.2) is 11.1 Å². The molecular weight excluding hydrogens is 385 g/mol. The molecule has 0 aromatic heterocycles. The van der Waals surface area contributed by atoms with E-state index in [2.05, 4.69) is 5.32 Å². The Kier molecular flexibility index (Phi) is 6.22. The van der Waals surface area contributed by atoms with Crippen LogP contribution < -0.4 is 10.1 Å².